The Labute approximate surface area is 86.1 Å². The SMILES string of the molecule is CCOCC(O)CSC(C)C(C)C. The average Bonchev–Trinajstić information content (AvgIpc) is 2.10. The second-order valence-electron chi connectivity index (χ2n) is 3.60. The third kappa shape index (κ3) is 7.35. The molecule has 0 spiro atoms. The fourth-order valence-electron chi connectivity index (χ4n) is 0.757. The maximum Gasteiger partial charge on any atom is 0.0863 e. The van der Waals surface area contributed by atoms with E-state index in [1.807, 2.05) is 18.7 Å². The first-order chi connectivity index (χ1) is 6.07. The highest BCUT2D eigenvalue weighted by atomic mass is 32.2. The summed E-state index contributed by atoms with van der Waals surface area (Å²) in [5.74, 6) is 1.45. The molecule has 0 saturated heterocycles. The van der Waals surface area contributed by atoms with Crippen LogP contribution in [0, 0.1) is 5.92 Å². The molecule has 0 aliphatic heterocycles. The lowest BCUT2D eigenvalue weighted by molar-refractivity contribution is 0.0550. The van der Waals surface area contributed by atoms with Crippen molar-refractivity contribution in [2.75, 3.05) is 19.0 Å². The zero-order valence-corrected chi connectivity index (χ0v) is 9.93. The van der Waals surface area contributed by atoms with Crippen LogP contribution in [0.5, 0.6) is 0 Å². The van der Waals surface area contributed by atoms with Crippen LogP contribution < -0.4 is 0 Å². The molecule has 0 aliphatic carbocycles. The Morgan fingerprint density at radius 3 is 2.38 bits per heavy atom. The van der Waals surface area contributed by atoms with Crippen LogP contribution in [-0.4, -0.2) is 35.4 Å². The lowest BCUT2D eigenvalue weighted by atomic mass is 10.2. The minimum atomic E-state index is -0.314. The van der Waals surface area contributed by atoms with E-state index < -0.39 is 0 Å². The largest absolute Gasteiger partial charge is 0.390 e. The van der Waals surface area contributed by atoms with E-state index >= 15 is 0 Å². The number of aliphatic hydroxyl groups is 1. The summed E-state index contributed by atoms with van der Waals surface area (Å²) < 4.78 is 5.12. The van der Waals surface area contributed by atoms with Gasteiger partial charge in [0.15, 0.2) is 0 Å². The second-order valence-corrected chi connectivity index (χ2v) is 5.01. The van der Waals surface area contributed by atoms with E-state index in [-0.39, 0.29) is 6.10 Å². The van der Waals surface area contributed by atoms with E-state index in [2.05, 4.69) is 20.8 Å². The molecule has 0 rings (SSSR count). The summed E-state index contributed by atoms with van der Waals surface area (Å²) in [5.41, 5.74) is 0. The molecule has 2 nitrogen and oxygen atoms in total. The van der Waals surface area contributed by atoms with Gasteiger partial charge in [0, 0.05) is 17.6 Å². The topological polar surface area (TPSA) is 29.5 Å². The molecule has 0 fully saturated rings. The minimum Gasteiger partial charge on any atom is -0.390 e. The van der Waals surface area contributed by atoms with Gasteiger partial charge in [-0.15, -0.1) is 0 Å². The van der Waals surface area contributed by atoms with Crippen LogP contribution in [0.1, 0.15) is 27.7 Å². The molecular formula is C10H22O2S. The lowest BCUT2D eigenvalue weighted by Crippen LogP contribution is -2.20. The smallest absolute Gasteiger partial charge is 0.0863 e. The van der Waals surface area contributed by atoms with Crippen molar-refractivity contribution in [3.8, 4) is 0 Å². The van der Waals surface area contributed by atoms with Crippen LogP contribution in [0.25, 0.3) is 0 Å². The van der Waals surface area contributed by atoms with Crippen LogP contribution in [0.15, 0.2) is 0 Å². The normalized spacial score (nSPS) is 16.2. The van der Waals surface area contributed by atoms with Crippen molar-refractivity contribution in [3.63, 3.8) is 0 Å². The minimum absolute atomic E-state index is 0.314. The molecule has 0 heterocycles. The Morgan fingerprint density at radius 1 is 1.31 bits per heavy atom. The van der Waals surface area contributed by atoms with Gasteiger partial charge >= 0.3 is 0 Å². The van der Waals surface area contributed by atoms with Gasteiger partial charge in [-0.25, -0.2) is 0 Å². The van der Waals surface area contributed by atoms with Crippen molar-refractivity contribution in [3.05, 3.63) is 0 Å². The zero-order chi connectivity index (χ0) is 10.3. The van der Waals surface area contributed by atoms with Gasteiger partial charge in [0.05, 0.1) is 12.7 Å². The van der Waals surface area contributed by atoms with Gasteiger partial charge in [0.25, 0.3) is 0 Å². The number of hydrogen-bond acceptors (Lipinski definition) is 3. The first-order valence-electron chi connectivity index (χ1n) is 4.95. The van der Waals surface area contributed by atoms with E-state index in [0.717, 1.165) is 5.75 Å². The molecular weight excluding hydrogens is 184 g/mol. The number of thioether (sulfide) groups is 1. The molecule has 0 bridgehead atoms. The van der Waals surface area contributed by atoms with Crippen molar-refractivity contribution in [2.24, 2.45) is 5.92 Å². The summed E-state index contributed by atoms with van der Waals surface area (Å²) in [5, 5.41) is 10.1. The summed E-state index contributed by atoms with van der Waals surface area (Å²) >= 11 is 1.81. The first-order valence-corrected chi connectivity index (χ1v) is 6.00. The number of ether oxygens (including phenoxy) is 1. The first kappa shape index (κ1) is 13.3. The Kier molecular flexibility index (Phi) is 7.81. The van der Waals surface area contributed by atoms with Crippen LogP contribution in [0.3, 0.4) is 0 Å². The van der Waals surface area contributed by atoms with E-state index in [9.17, 15) is 5.11 Å². The molecule has 3 heteroatoms. The highest BCUT2D eigenvalue weighted by Gasteiger charge is 2.10. The summed E-state index contributed by atoms with van der Waals surface area (Å²) in [6.07, 6.45) is -0.314. The van der Waals surface area contributed by atoms with Gasteiger partial charge < -0.3 is 9.84 Å². The quantitative estimate of drug-likeness (QED) is 0.692. The van der Waals surface area contributed by atoms with Crippen molar-refractivity contribution in [1.82, 2.24) is 0 Å². The molecule has 0 amide bonds. The summed E-state index contributed by atoms with van der Waals surface area (Å²) in [6, 6.07) is 0. The highest BCUT2D eigenvalue weighted by Crippen LogP contribution is 2.19. The molecule has 0 aromatic rings. The predicted octanol–water partition coefficient (Wildman–Crippen LogP) is 2.16. The molecule has 0 radical (unpaired) electrons. The average molecular weight is 206 g/mol. The van der Waals surface area contributed by atoms with Crippen LogP contribution >= 0.6 is 11.8 Å². The molecule has 13 heavy (non-hydrogen) atoms. The predicted molar refractivity (Wildman–Crippen MR) is 59.3 cm³/mol. The van der Waals surface area contributed by atoms with Gasteiger partial charge in [-0.05, 0) is 12.8 Å². The molecule has 1 N–H and O–H groups in total. The van der Waals surface area contributed by atoms with E-state index in [1.54, 1.807) is 0 Å². The molecule has 80 valence electrons. The molecule has 0 aromatic carbocycles. The fraction of sp³-hybridized carbons (Fsp3) is 1.00. The Morgan fingerprint density at radius 2 is 1.92 bits per heavy atom. The van der Waals surface area contributed by atoms with Crippen molar-refractivity contribution in [1.29, 1.82) is 0 Å². The maximum atomic E-state index is 9.47. The van der Waals surface area contributed by atoms with E-state index in [0.29, 0.717) is 24.4 Å². The summed E-state index contributed by atoms with van der Waals surface area (Å²) in [4.78, 5) is 0. The Bertz CT molecular complexity index is 117. The third-order valence-corrected chi connectivity index (χ3v) is 3.65. The Hall–Kier alpha value is 0.270. The van der Waals surface area contributed by atoms with Gasteiger partial charge in [-0.1, -0.05) is 20.8 Å². The van der Waals surface area contributed by atoms with E-state index in [1.165, 1.54) is 0 Å². The van der Waals surface area contributed by atoms with Gasteiger partial charge in [0.2, 0.25) is 0 Å². The molecule has 0 saturated carbocycles. The number of rotatable bonds is 7. The summed E-state index contributed by atoms with van der Waals surface area (Å²) in [7, 11) is 0. The fourth-order valence-corrected chi connectivity index (χ4v) is 1.76. The summed E-state index contributed by atoms with van der Waals surface area (Å²) in [6.45, 7) is 9.69. The van der Waals surface area contributed by atoms with E-state index in [4.69, 9.17) is 4.74 Å². The van der Waals surface area contributed by atoms with Crippen molar-refractivity contribution < 1.29 is 9.84 Å². The lowest BCUT2D eigenvalue weighted by Gasteiger charge is -2.17. The van der Waals surface area contributed by atoms with Crippen molar-refractivity contribution >= 4 is 11.8 Å². The van der Waals surface area contributed by atoms with Gasteiger partial charge in [-0.2, -0.15) is 11.8 Å². The zero-order valence-electron chi connectivity index (χ0n) is 9.12. The molecule has 0 aromatic heterocycles. The van der Waals surface area contributed by atoms with Crippen LogP contribution in [-0.2, 0) is 4.74 Å². The second kappa shape index (κ2) is 7.65. The molecule has 2 atom stereocenters. The number of hydrogen-bond donors (Lipinski definition) is 1. The Balaban J connectivity index is 3.40. The van der Waals surface area contributed by atoms with Gasteiger partial charge in [0.1, 0.15) is 0 Å². The van der Waals surface area contributed by atoms with Crippen LogP contribution in [0.4, 0.5) is 0 Å². The standard InChI is InChI=1S/C10H22O2S/c1-5-12-6-10(11)7-13-9(4)8(2)3/h8-11H,5-7H2,1-4H3. The monoisotopic (exact) mass is 206 g/mol. The highest BCUT2D eigenvalue weighted by molar-refractivity contribution is 7.99. The third-order valence-electron chi connectivity index (χ3n) is 2.00. The number of aliphatic hydroxyl groups excluding tert-OH is 1. The molecule has 0 aliphatic rings. The van der Waals surface area contributed by atoms with Gasteiger partial charge in [-0.3, -0.25) is 0 Å². The van der Waals surface area contributed by atoms with Crippen LogP contribution in [0.2, 0.25) is 0 Å². The van der Waals surface area contributed by atoms with Crippen molar-refractivity contribution in [2.45, 2.75) is 39.0 Å². The molecule has 2 unspecified atom stereocenters. The maximum absolute atomic E-state index is 9.47.